The molecule has 19 heavy (non-hydrogen) atoms. The van der Waals surface area contributed by atoms with Crippen LogP contribution in [-0.4, -0.2) is 6.04 Å². The van der Waals surface area contributed by atoms with E-state index < -0.39 is 0 Å². The summed E-state index contributed by atoms with van der Waals surface area (Å²) in [6, 6.07) is 11.4. The zero-order valence-corrected chi connectivity index (χ0v) is 12.6. The first kappa shape index (κ1) is 14.2. The van der Waals surface area contributed by atoms with Crippen molar-refractivity contribution in [1.82, 2.24) is 0 Å². The predicted octanol–water partition coefficient (Wildman–Crippen LogP) is 4.61. The maximum atomic E-state index is 13.1. The lowest BCUT2D eigenvalue weighted by Gasteiger charge is -2.16. The first-order valence-corrected chi connectivity index (χ1v) is 7.08. The summed E-state index contributed by atoms with van der Waals surface area (Å²) in [6.45, 7) is 2.02. The van der Waals surface area contributed by atoms with E-state index in [1.807, 2.05) is 13.0 Å². The van der Waals surface area contributed by atoms with E-state index in [1.54, 1.807) is 12.1 Å². The summed E-state index contributed by atoms with van der Waals surface area (Å²) < 4.78 is 26.9. The molecule has 1 N–H and O–H groups in total. The molecule has 0 aliphatic heterocycles. The normalized spacial score (nSPS) is 12.2. The molecule has 2 rings (SSSR count). The Labute approximate surface area is 125 Å². The maximum absolute atomic E-state index is 13.1. The fraction of sp³-hybridized carbons (Fsp3) is 0.200. The summed E-state index contributed by atoms with van der Waals surface area (Å²) in [5.41, 5.74) is 1.84. The van der Waals surface area contributed by atoms with Crippen molar-refractivity contribution >= 4 is 28.3 Å². The Kier molecular flexibility index (Phi) is 4.74. The van der Waals surface area contributed by atoms with Crippen LogP contribution in [0.1, 0.15) is 12.5 Å². The Morgan fingerprint density at radius 3 is 2.53 bits per heavy atom. The average molecular weight is 373 g/mol. The summed E-state index contributed by atoms with van der Waals surface area (Å²) >= 11 is 2.09. The van der Waals surface area contributed by atoms with Gasteiger partial charge in [0.05, 0.1) is 0 Å². The van der Waals surface area contributed by atoms with Crippen molar-refractivity contribution < 1.29 is 8.78 Å². The third-order valence-electron chi connectivity index (χ3n) is 2.76. The lowest BCUT2D eigenvalue weighted by Crippen LogP contribution is -2.18. The average Bonchev–Trinajstić information content (AvgIpc) is 2.33. The molecule has 1 atom stereocenters. The topological polar surface area (TPSA) is 12.0 Å². The van der Waals surface area contributed by atoms with Gasteiger partial charge < -0.3 is 5.32 Å². The molecule has 0 aromatic heterocycles. The number of nitrogens with one attached hydrogen (secondary N) is 1. The number of hydrogen-bond donors (Lipinski definition) is 1. The van der Waals surface area contributed by atoms with Gasteiger partial charge in [0.1, 0.15) is 11.6 Å². The third-order valence-corrected chi connectivity index (χ3v) is 3.66. The van der Waals surface area contributed by atoms with Gasteiger partial charge in [-0.1, -0.05) is 12.1 Å². The van der Waals surface area contributed by atoms with E-state index in [9.17, 15) is 8.78 Å². The van der Waals surface area contributed by atoms with Crippen molar-refractivity contribution in [2.24, 2.45) is 0 Å². The molecule has 2 aromatic rings. The highest BCUT2D eigenvalue weighted by Crippen LogP contribution is 2.20. The van der Waals surface area contributed by atoms with Gasteiger partial charge in [0.15, 0.2) is 0 Å². The molecule has 0 amide bonds. The van der Waals surface area contributed by atoms with Crippen LogP contribution in [0.15, 0.2) is 42.5 Å². The SMILES string of the molecule is CC(Cc1cccc(F)c1)Nc1ccc(F)cc1I. The Balaban J connectivity index is 2.03. The van der Waals surface area contributed by atoms with Crippen molar-refractivity contribution in [3.8, 4) is 0 Å². The molecule has 0 fully saturated rings. The first-order chi connectivity index (χ1) is 9.04. The van der Waals surface area contributed by atoms with Crippen molar-refractivity contribution in [1.29, 1.82) is 0 Å². The van der Waals surface area contributed by atoms with Crippen LogP contribution >= 0.6 is 22.6 Å². The highest BCUT2D eigenvalue weighted by atomic mass is 127. The molecule has 4 heteroatoms. The van der Waals surface area contributed by atoms with Crippen molar-refractivity contribution in [3.63, 3.8) is 0 Å². The van der Waals surface area contributed by atoms with Crippen LogP contribution in [0.25, 0.3) is 0 Å². The minimum Gasteiger partial charge on any atom is -0.381 e. The number of benzene rings is 2. The Morgan fingerprint density at radius 2 is 1.84 bits per heavy atom. The minimum atomic E-state index is -0.243. The molecular formula is C15H14F2IN. The van der Waals surface area contributed by atoms with E-state index in [4.69, 9.17) is 0 Å². The van der Waals surface area contributed by atoms with Crippen LogP contribution in [0.3, 0.4) is 0 Å². The summed E-state index contributed by atoms with van der Waals surface area (Å²) in [6.07, 6.45) is 0.714. The number of rotatable bonds is 4. The Bertz CT molecular complexity index is 572. The largest absolute Gasteiger partial charge is 0.381 e. The second kappa shape index (κ2) is 6.32. The molecule has 1 unspecified atom stereocenters. The molecule has 0 bridgehead atoms. The second-order valence-electron chi connectivity index (χ2n) is 4.50. The second-order valence-corrected chi connectivity index (χ2v) is 5.67. The van der Waals surface area contributed by atoms with Gasteiger partial charge in [-0.05, 0) is 71.8 Å². The van der Waals surface area contributed by atoms with Gasteiger partial charge in [-0.25, -0.2) is 8.78 Å². The molecular weight excluding hydrogens is 359 g/mol. The van der Waals surface area contributed by atoms with Crippen molar-refractivity contribution in [3.05, 3.63) is 63.2 Å². The molecule has 0 heterocycles. The summed E-state index contributed by atoms with van der Waals surface area (Å²) in [5, 5.41) is 3.31. The molecule has 0 aliphatic carbocycles. The van der Waals surface area contributed by atoms with Crippen LogP contribution in [0.4, 0.5) is 14.5 Å². The number of halogens is 3. The summed E-state index contributed by atoms with van der Waals surface area (Å²) in [7, 11) is 0. The van der Waals surface area contributed by atoms with Gasteiger partial charge >= 0.3 is 0 Å². The zero-order chi connectivity index (χ0) is 13.8. The summed E-state index contributed by atoms with van der Waals surface area (Å²) in [5.74, 6) is -0.464. The highest BCUT2D eigenvalue weighted by Gasteiger charge is 2.07. The smallest absolute Gasteiger partial charge is 0.124 e. The van der Waals surface area contributed by atoms with Crippen LogP contribution in [-0.2, 0) is 6.42 Å². The Morgan fingerprint density at radius 1 is 1.11 bits per heavy atom. The number of anilines is 1. The van der Waals surface area contributed by atoms with E-state index in [0.29, 0.717) is 6.42 Å². The van der Waals surface area contributed by atoms with E-state index in [2.05, 4.69) is 27.9 Å². The fourth-order valence-corrected chi connectivity index (χ4v) is 2.57. The third kappa shape index (κ3) is 4.16. The van der Waals surface area contributed by atoms with Gasteiger partial charge in [-0.15, -0.1) is 0 Å². The monoisotopic (exact) mass is 373 g/mol. The predicted molar refractivity (Wildman–Crippen MR) is 82.3 cm³/mol. The van der Waals surface area contributed by atoms with E-state index in [-0.39, 0.29) is 17.7 Å². The molecule has 0 saturated carbocycles. The first-order valence-electron chi connectivity index (χ1n) is 6.00. The van der Waals surface area contributed by atoms with Gasteiger partial charge in [0.2, 0.25) is 0 Å². The molecule has 0 saturated heterocycles. The lowest BCUT2D eigenvalue weighted by molar-refractivity contribution is 0.623. The molecule has 2 aromatic carbocycles. The van der Waals surface area contributed by atoms with E-state index in [1.165, 1.54) is 24.3 Å². The van der Waals surface area contributed by atoms with Gasteiger partial charge in [-0.3, -0.25) is 0 Å². The molecule has 0 spiro atoms. The van der Waals surface area contributed by atoms with Gasteiger partial charge in [-0.2, -0.15) is 0 Å². The van der Waals surface area contributed by atoms with Crippen LogP contribution in [0.5, 0.6) is 0 Å². The molecule has 0 aliphatic rings. The fourth-order valence-electron chi connectivity index (χ4n) is 1.94. The summed E-state index contributed by atoms with van der Waals surface area (Å²) in [4.78, 5) is 0. The quantitative estimate of drug-likeness (QED) is 0.772. The zero-order valence-electron chi connectivity index (χ0n) is 10.5. The highest BCUT2D eigenvalue weighted by molar-refractivity contribution is 14.1. The van der Waals surface area contributed by atoms with E-state index in [0.717, 1.165) is 14.8 Å². The maximum Gasteiger partial charge on any atom is 0.124 e. The van der Waals surface area contributed by atoms with Crippen LogP contribution < -0.4 is 5.32 Å². The van der Waals surface area contributed by atoms with Crippen LogP contribution in [0.2, 0.25) is 0 Å². The number of hydrogen-bond acceptors (Lipinski definition) is 1. The Hall–Kier alpha value is -1.17. The molecule has 100 valence electrons. The standard InChI is InChI=1S/C15H14F2IN/c1-10(7-11-3-2-4-12(16)8-11)19-15-6-5-13(17)9-14(15)18/h2-6,8-10,19H,7H2,1H3. The van der Waals surface area contributed by atoms with Gasteiger partial charge in [0.25, 0.3) is 0 Å². The van der Waals surface area contributed by atoms with Crippen LogP contribution in [0, 0.1) is 15.2 Å². The molecule has 1 nitrogen and oxygen atoms in total. The minimum absolute atomic E-state index is 0.140. The lowest BCUT2D eigenvalue weighted by atomic mass is 10.1. The molecule has 0 radical (unpaired) electrons. The van der Waals surface area contributed by atoms with E-state index >= 15 is 0 Å². The van der Waals surface area contributed by atoms with Gasteiger partial charge in [0, 0.05) is 15.3 Å². The van der Waals surface area contributed by atoms with Crippen molar-refractivity contribution in [2.45, 2.75) is 19.4 Å². The van der Waals surface area contributed by atoms with Crippen molar-refractivity contribution in [2.75, 3.05) is 5.32 Å².